The Morgan fingerprint density at radius 2 is 2.17 bits per heavy atom. The Balaban J connectivity index is 2.08. The molecule has 0 bridgehead atoms. The first kappa shape index (κ1) is 12.9. The predicted molar refractivity (Wildman–Crippen MR) is 71.7 cm³/mol. The van der Waals surface area contributed by atoms with Crippen molar-refractivity contribution in [3.8, 4) is 5.75 Å². The Morgan fingerprint density at radius 1 is 1.39 bits per heavy atom. The summed E-state index contributed by atoms with van der Waals surface area (Å²) < 4.78 is 7.54. The monoisotopic (exact) mass is 265 g/mol. The Morgan fingerprint density at radius 3 is 2.78 bits per heavy atom. The van der Waals surface area contributed by atoms with Crippen LogP contribution in [0.5, 0.6) is 5.75 Å². The summed E-state index contributed by atoms with van der Waals surface area (Å²) in [7, 11) is 1.86. The number of benzene rings is 1. The molecule has 0 aliphatic carbocycles. The van der Waals surface area contributed by atoms with Gasteiger partial charge in [-0.05, 0) is 31.2 Å². The molecule has 4 nitrogen and oxygen atoms in total. The minimum Gasteiger partial charge on any atom is -0.489 e. The van der Waals surface area contributed by atoms with Crippen LogP contribution in [-0.4, -0.2) is 15.9 Å². The largest absolute Gasteiger partial charge is 0.489 e. The third-order valence-corrected chi connectivity index (χ3v) is 3.06. The van der Waals surface area contributed by atoms with Gasteiger partial charge in [0, 0.05) is 18.3 Å². The Kier molecular flexibility index (Phi) is 3.89. The number of hydrogen-bond donors (Lipinski definition) is 1. The SMILES string of the molecule is CC(Oc1cccc(Cl)c1)C(N)c1ccnn1C. The van der Waals surface area contributed by atoms with E-state index in [1.54, 1.807) is 23.0 Å². The Labute approximate surface area is 111 Å². The maximum atomic E-state index is 6.15. The Hall–Kier alpha value is -1.52. The molecule has 0 aliphatic heterocycles. The van der Waals surface area contributed by atoms with Gasteiger partial charge in [0.2, 0.25) is 0 Å². The topological polar surface area (TPSA) is 53.1 Å². The van der Waals surface area contributed by atoms with E-state index in [-0.39, 0.29) is 12.1 Å². The first-order valence-corrected chi connectivity index (χ1v) is 6.11. The molecular formula is C13H16ClN3O. The van der Waals surface area contributed by atoms with Crippen molar-refractivity contribution in [2.45, 2.75) is 19.1 Å². The zero-order valence-corrected chi connectivity index (χ0v) is 11.1. The quantitative estimate of drug-likeness (QED) is 0.924. The molecule has 18 heavy (non-hydrogen) atoms. The van der Waals surface area contributed by atoms with Crippen molar-refractivity contribution in [3.05, 3.63) is 47.2 Å². The first-order chi connectivity index (χ1) is 8.58. The molecule has 96 valence electrons. The maximum Gasteiger partial charge on any atom is 0.121 e. The third kappa shape index (κ3) is 2.83. The first-order valence-electron chi connectivity index (χ1n) is 5.73. The molecule has 0 amide bonds. The molecule has 0 aliphatic rings. The number of aryl methyl sites for hydroxylation is 1. The lowest BCUT2D eigenvalue weighted by Crippen LogP contribution is -2.30. The molecule has 0 radical (unpaired) electrons. The van der Waals surface area contributed by atoms with Crippen LogP contribution < -0.4 is 10.5 Å². The number of nitrogens with zero attached hydrogens (tertiary/aromatic N) is 2. The van der Waals surface area contributed by atoms with Gasteiger partial charge in [0.1, 0.15) is 11.9 Å². The van der Waals surface area contributed by atoms with Crippen LogP contribution in [0.1, 0.15) is 18.7 Å². The summed E-state index contributed by atoms with van der Waals surface area (Å²) in [6.07, 6.45) is 1.56. The van der Waals surface area contributed by atoms with Crippen molar-refractivity contribution < 1.29 is 4.74 Å². The average molecular weight is 266 g/mol. The van der Waals surface area contributed by atoms with Crippen molar-refractivity contribution in [2.24, 2.45) is 12.8 Å². The van der Waals surface area contributed by atoms with E-state index in [1.165, 1.54) is 0 Å². The zero-order valence-electron chi connectivity index (χ0n) is 10.4. The van der Waals surface area contributed by atoms with Gasteiger partial charge in [0.05, 0.1) is 11.7 Å². The number of halogens is 1. The molecule has 1 aromatic carbocycles. The van der Waals surface area contributed by atoms with Gasteiger partial charge in [0.25, 0.3) is 0 Å². The average Bonchev–Trinajstić information content (AvgIpc) is 2.74. The van der Waals surface area contributed by atoms with E-state index < -0.39 is 0 Å². The second-order valence-electron chi connectivity index (χ2n) is 4.19. The van der Waals surface area contributed by atoms with Gasteiger partial charge in [0.15, 0.2) is 0 Å². The molecule has 2 rings (SSSR count). The fraction of sp³-hybridized carbons (Fsp3) is 0.308. The lowest BCUT2D eigenvalue weighted by molar-refractivity contribution is 0.186. The summed E-state index contributed by atoms with van der Waals surface area (Å²) in [5, 5.41) is 4.75. The molecule has 2 N–H and O–H groups in total. The highest BCUT2D eigenvalue weighted by atomic mass is 35.5. The third-order valence-electron chi connectivity index (χ3n) is 2.82. The summed E-state index contributed by atoms with van der Waals surface area (Å²) >= 11 is 5.91. The van der Waals surface area contributed by atoms with Crippen molar-refractivity contribution in [3.63, 3.8) is 0 Å². The van der Waals surface area contributed by atoms with Gasteiger partial charge in [-0.3, -0.25) is 4.68 Å². The predicted octanol–water partition coefficient (Wildman–Crippen LogP) is 2.54. The van der Waals surface area contributed by atoms with Crippen LogP contribution in [0, 0.1) is 0 Å². The fourth-order valence-electron chi connectivity index (χ4n) is 1.78. The molecule has 5 heteroatoms. The van der Waals surface area contributed by atoms with Crippen LogP contribution >= 0.6 is 11.6 Å². The maximum absolute atomic E-state index is 6.15. The summed E-state index contributed by atoms with van der Waals surface area (Å²) in [4.78, 5) is 0. The number of ether oxygens (including phenoxy) is 1. The van der Waals surface area contributed by atoms with Crippen LogP contribution in [0.3, 0.4) is 0 Å². The molecule has 0 spiro atoms. The molecule has 0 saturated carbocycles. The molecule has 1 heterocycles. The standard InChI is InChI=1S/C13H16ClN3O/c1-9(13(15)12-6-7-16-17(12)2)18-11-5-3-4-10(14)8-11/h3-9,13H,15H2,1-2H3. The van der Waals surface area contributed by atoms with Crippen LogP contribution in [0.25, 0.3) is 0 Å². The minimum atomic E-state index is -0.239. The van der Waals surface area contributed by atoms with E-state index in [1.807, 2.05) is 32.2 Å². The van der Waals surface area contributed by atoms with Crippen LogP contribution in [0.4, 0.5) is 0 Å². The van der Waals surface area contributed by atoms with Crippen LogP contribution in [0.15, 0.2) is 36.5 Å². The number of nitrogens with two attached hydrogens (primary N) is 1. The smallest absolute Gasteiger partial charge is 0.121 e. The number of rotatable bonds is 4. The van der Waals surface area contributed by atoms with Gasteiger partial charge < -0.3 is 10.5 Å². The normalized spacial score (nSPS) is 14.2. The van der Waals surface area contributed by atoms with Gasteiger partial charge in [-0.25, -0.2) is 0 Å². The van der Waals surface area contributed by atoms with E-state index in [0.717, 1.165) is 5.69 Å². The van der Waals surface area contributed by atoms with Gasteiger partial charge in [-0.15, -0.1) is 0 Å². The summed E-state index contributed by atoms with van der Waals surface area (Å²) in [6, 6.07) is 8.94. The van der Waals surface area contributed by atoms with Crippen molar-refractivity contribution >= 4 is 11.6 Å². The highest BCUT2D eigenvalue weighted by Gasteiger charge is 2.19. The Bertz CT molecular complexity index is 526. The summed E-state index contributed by atoms with van der Waals surface area (Å²) in [5.74, 6) is 0.715. The van der Waals surface area contributed by atoms with Crippen molar-refractivity contribution in [1.82, 2.24) is 9.78 Å². The van der Waals surface area contributed by atoms with E-state index in [4.69, 9.17) is 22.1 Å². The molecule has 2 unspecified atom stereocenters. The second-order valence-corrected chi connectivity index (χ2v) is 4.62. The van der Waals surface area contributed by atoms with Crippen molar-refractivity contribution in [1.29, 1.82) is 0 Å². The lowest BCUT2D eigenvalue weighted by Gasteiger charge is -2.21. The van der Waals surface area contributed by atoms with Crippen LogP contribution in [-0.2, 0) is 7.05 Å². The number of aromatic nitrogens is 2. The molecule has 0 saturated heterocycles. The van der Waals surface area contributed by atoms with E-state index in [0.29, 0.717) is 10.8 Å². The van der Waals surface area contributed by atoms with E-state index in [9.17, 15) is 0 Å². The molecule has 2 atom stereocenters. The van der Waals surface area contributed by atoms with Crippen molar-refractivity contribution in [2.75, 3.05) is 0 Å². The molecule has 0 fully saturated rings. The van der Waals surface area contributed by atoms with E-state index in [2.05, 4.69) is 5.10 Å². The van der Waals surface area contributed by atoms with Gasteiger partial charge in [-0.2, -0.15) is 5.10 Å². The summed E-state index contributed by atoms with van der Waals surface area (Å²) in [6.45, 7) is 1.93. The second kappa shape index (κ2) is 5.42. The summed E-state index contributed by atoms with van der Waals surface area (Å²) in [5.41, 5.74) is 7.09. The molecular weight excluding hydrogens is 250 g/mol. The van der Waals surface area contributed by atoms with Crippen LogP contribution in [0.2, 0.25) is 5.02 Å². The zero-order chi connectivity index (χ0) is 13.1. The number of hydrogen-bond acceptors (Lipinski definition) is 3. The van der Waals surface area contributed by atoms with E-state index >= 15 is 0 Å². The van der Waals surface area contributed by atoms with Gasteiger partial charge in [-0.1, -0.05) is 17.7 Å². The highest BCUT2D eigenvalue weighted by molar-refractivity contribution is 6.30. The molecule has 1 aromatic heterocycles. The minimum absolute atomic E-state index is 0.168. The fourth-order valence-corrected chi connectivity index (χ4v) is 1.96. The lowest BCUT2D eigenvalue weighted by atomic mass is 10.1. The highest BCUT2D eigenvalue weighted by Crippen LogP contribution is 2.22. The molecule has 2 aromatic rings. The van der Waals surface area contributed by atoms with Gasteiger partial charge >= 0.3 is 0 Å².